The number of aromatic nitrogens is 3. The van der Waals surface area contributed by atoms with Crippen LogP contribution in [-0.4, -0.2) is 21.3 Å². The maximum absolute atomic E-state index is 13.1. The topological polar surface area (TPSA) is 92.9 Å². The van der Waals surface area contributed by atoms with Crippen molar-refractivity contribution in [3.8, 4) is 0 Å². The summed E-state index contributed by atoms with van der Waals surface area (Å²) in [5, 5.41) is 16.5. The Labute approximate surface area is 134 Å². The van der Waals surface area contributed by atoms with Gasteiger partial charge in [-0.3, -0.25) is 4.79 Å². The second kappa shape index (κ2) is 6.41. The Hall–Kier alpha value is -3.36. The van der Waals surface area contributed by atoms with Gasteiger partial charge in [0.1, 0.15) is 5.76 Å². The summed E-state index contributed by atoms with van der Waals surface area (Å²) in [7, 11) is 0. The molecule has 0 atom stereocenters. The fraction of sp³-hybridized carbons (Fsp3) is 0.0667. The molecule has 0 aliphatic heterocycles. The van der Waals surface area contributed by atoms with Crippen molar-refractivity contribution >= 4 is 23.2 Å². The first-order valence-electron chi connectivity index (χ1n) is 6.82. The van der Waals surface area contributed by atoms with Crippen molar-refractivity contribution in [2.45, 2.75) is 6.92 Å². The number of hydrogen-bond acceptors (Lipinski definition) is 6. The highest BCUT2D eigenvalue weighted by molar-refractivity contribution is 6.02. The number of benzene rings is 1. The molecule has 0 radical (unpaired) electrons. The summed E-state index contributed by atoms with van der Waals surface area (Å²) in [6.07, 6.45) is 0. The monoisotopic (exact) mass is 331 g/mol. The number of aryl methyl sites for hydroxylation is 1. The van der Waals surface area contributed by atoms with Gasteiger partial charge in [-0.2, -0.15) is 0 Å². The van der Waals surface area contributed by atoms with Crippen LogP contribution in [0.3, 0.4) is 0 Å². The van der Waals surface area contributed by atoms with Gasteiger partial charge in [0.05, 0.1) is 0 Å². The van der Waals surface area contributed by atoms with Crippen LogP contribution in [0.15, 0.2) is 40.9 Å². The minimum atomic E-state index is -0.980. The molecule has 24 heavy (non-hydrogen) atoms. The third-order valence-corrected chi connectivity index (χ3v) is 2.96. The first kappa shape index (κ1) is 15.5. The van der Waals surface area contributed by atoms with E-state index in [1.54, 1.807) is 13.0 Å². The third-order valence-electron chi connectivity index (χ3n) is 2.96. The van der Waals surface area contributed by atoms with Crippen molar-refractivity contribution in [1.82, 2.24) is 15.4 Å². The molecule has 1 amide bonds. The Kier molecular flexibility index (Phi) is 4.15. The number of carbonyl (C=O) groups excluding carboxylic acids is 1. The number of anilines is 3. The van der Waals surface area contributed by atoms with Crippen LogP contribution in [-0.2, 0) is 0 Å². The number of hydrogen-bond donors (Lipinski definition) is 2. The van der Waals surface area contributed by atoms with Gasteiger partial charge in [0.15, 0.2) is 29.0 Å². The van der Waals surface area contributed by atoms with Gasteiger partial charge in [0, 0.05) is 17.8 Å². The van der Waals surface area contributed by atoms with Crippen molar-refractivity contribution in [3.05, 3.63) is 59.5 Å². The van der Waals surface area contributed by atoms with Crippen molar-refractivity contribution in [2.24, 2.45) is 0 Å². The van der Waals surface area contributed by atoms with E-state index >= 15 is 0 Å². The maximum Gasteiger partial charge on any atom is 0.277 e. The molecule has 3 aromatic rings. The molecule has 0 saturated heterocycles. The van der Waals surface area contributed by atoms with Crippen LogP contribution in [0.25, 0.3) is 0 Å². The highest BCUT2D eigenvalue weighted by Crippen LogP contribution is 2.17. The predicted octanol–water partition coefficient (Wildman–Crippen LogP) is 3.05. The van der Waals surface area contributed by atoms with Gasteiger partial charge in [0.25, 0.3) is 5.91 Å². The Morgan fingerprint density at radius 2 is 1.88 bits per heavy atom. The molecular weight excluding hydrogens is 320 g/mol. The largest absolute Gasteiger partial charge is 0.360 e. The molecule has 3 rings (SSSR count). The third kappa shape index (κ3) is 3.51. The molecule has 7 nitrogen and oxygen atoms in total. The molecule has 2 aromatic heterocycles. The van der Waals surface area contributed by atoms with Crippen LogP contribution in [0.2, 0.25) is 0 Å². The average molecular weight is 331 g/mol. The minimum Gasteiger partial charge on any atom is -0.360 e. The van der Waals surface area contributed by atoms with Crippen LogP contribution in [0.1, 0.15) is 16.2 Å². The van der Waals surface area contributed by atoms with E-state index in [9.17, 15) is 13.6 Å². The van der Waals surface area contributed by atoms with Crippen LogP contribution in [0.5, 0.6) is 0 Å². The summed E-state index contributed by atoms with van der Waals surface area (Å²) in [5.41, 5.74) is 0.366. The first-order chi connectivity index (χ1) is 11.5. The van der Waals surface area contributed by atoms with Crippen LogP contribution < -0.4 is 10.6 Å². The standard InChI is InChI=1S/C15H11F2N5O2/c1-8-6-14(22-24-8)19-15(23)12-4-5-13(21-20-12)18-9-2-3-10(16)11(17)7-9/h2-7H,1H3,(H,18,21)(H,19,22,23). The zero-order valence-electron chi connectivity index (χ0n) is 12.4. The summed E-state index contributed by atoms with van der Waals surface area (Å²) in [6.45, 7) is 1.70. The van der Waals surface area contributed by atoms with Gasteiger partial charge in [-0.15, -0.1) is 10.2 Å². The lowest BCUT2D eigenvalue weighted by molar-refractivity contribution is 0.102. The van der Waals surface area contributed by atoms with Crippen LogP contribution in [0.4, 0.5) is 26.1 Å². The maximum atomic E-state index is 13.1. The molecule has 122 valence electrons. The number of nitrogens with zero attached hydrogens (tertiary/aromatic N) is 3. The van der Waals surface area contributed by atoms with Crippen molar-refractivity contribution in [1.29, 1.82) is 0 Å². The zero-order chi connectivity index (χ0) is 17.1. The normalized spacial score (nSPS) is 10.5. The van der Waals surface area contributed by atoms with E-state index in [0.29, 0.717) is 11.4 Å². The van der Waals surface area contributed by atoms with Crippen LogP contribution >= 0.6 is 0 Å². The molecule has 0 aliphatic rings. The number of amides is 1. The van der Waals surface area contributed by atoms with Crippen molar-refractivity contribution in [3.63, 3.8) is 0 Å². The molecular formula is C15H11F2N5O2. The molecule has 2 N–H and O–H groups in total. The van der Waals surface area contributed by atoms with E-state index in [-0.39, 0.29) is 17.3 Å². The fourth-order valence-corrected chi connectivity index (χ4v) is 1.85. The van der Waals surface area contributed by atoms with Crippen molar-refractivity contribution < 1.29 is 18.1 Å². The predicted molar refractivity (Wildman–Crippen MR) is 80.9 cm³/mol. The molecule has 9 heteroatoms. The number of rotatable bonds is 4. The summed E-state index contributed by atoms with van der Waals surface area (Å²) >= 11 is 0. The van der Waals surface area contributed by atoms with E-state index in [0.717, 1.165) is 12.1 Å². The van der Waals surface area contributed by atoms with E-state index in [2.05, 4.69) is 26.0 Å². The van der Waals surface area contributed by atoms with Gasteiger partial charge in [-0.25, -0.2) is 8.78 Å². The summed E-state index contributed by atoms with van der Waals surface area (Å²) in [4.78, 5) is 12.0. The van der Waals surface area contributed by atoms with Crippen LogP contribution in [0, 0.1) is 18.6 Å². The molecule has 0 unspecified atom stereocenters. The van der Waals surface area contributed by atoms with Gasteiger partial charge >= 0.3 is 0 Å². The zero-order valence-corrected chi connectivity index (χ0v) is 12.4. The Balaban J connectivity index is 1.68. The smallest absolute Gasteiger partial charge is 0.277 e. The molecule has 0 saturated carbocycles. The number of halogens is 2. The van der Waals surface area contributed by atoms with Gasteiger partial charge in [-0.1, -0.05) is 5.16 Å². The molecule has 2 heterocycles. The van der Waals surface area contributed by atoms with Crippen molar-refractivity contribution in [2.75, 3.05) is 10.6 Å². The lowest BCUT2D eigenvalue weighted by Gasteiger charge is -2.06. The Morgan fingerprint density at radius 3 is 2.50 bits per heavy atom. The lowest BCUT2D eigenvalue weighted by atomic mass is 10.3. The highest BCUT2D eigenvalue weighted by atomic mass is 19.2. The Morgan fingerprint density at radius 1 is 1.04 bits per heavy atom. The van der Waals surface area contributed by atoms with E-state index in [4.69, 9.17) is 4.52 Å². The number of nitrogens with one attached hydrogen (secondary N) is 2. The van der Waals surface area contributed by atoms with Gasteiger partial charge < -0.3 is 15.2 Å². The van der Waals surface area contributed by atoms with E-state index in [1.807, 2.05) is 0 Å². The van der Waals surface area contributed by atoms with Gasteiger partial charge in [0.2, 0.25) is 0 Å². The van der Waals surface area contributed by atoms with E-state index < -0.39 is 17.5 Å². The quantitative estimate of drug-likeness (QED) is 0.763. The first-order valence-corrected chi connectivity index (χ1v) is 6.82. The highest BCUT2D eigenvalue weighted by Gasteiger charge is 2.11. The molecule has 0 aliphatic carbocycles. The SMILES string of the molecule is Cc1cc(NC(=O)c2ccc(Nc3ccc(F)c(F)c3)nn2)no1. The number of carbonyl (C=O) groups is 1. The average Bonchev–Trinajstić information content (AvgIpc) is 2.96. The Bertz CT molecular complexity index is 880. The minimum absolute atomic E-state index is 0.0616. The summed E-state index contributed by atoms with van der Waals surface area (Å²) in [5.74, 6) is -1.33. The molecule has 1 aromatic carbocycles. The fourth-order valence-electron chi connectivity index (χ4n) is 1.85. The van der Waals surface area contributed by atoms with E-state index in [1.165, 1.54) is 18.2 Å². The molecule has 0 fully saturated rings. The molecule has 0 bridgehead atoms. The second-order valence-electron chi connectivity index (χ2n) is 4.83. The van der Waals surface area contributed by atoms with Gasteiger partial charge in [-0.05, 0) is 31.2 Å². The lowest BCUT2D eigenvalue weighted by Crippen LogP contribution is -2.14. The molecule has 0 spiro atoms. The second-order valence-corrected chi connectivity index (χ2v) is 4.83. The summed E-state index contributed by atoms with van der Waals surface area (Å²) in [6, 6.07) is 7.81. The summed E-state index contributed by atoms with van der Waals surface area (Å²) < 4.78 is 30.9.